The molecule has 11 heteroatoms. The van der Waals surface area contributed by atoms with Gasteiger partial charge in [0.25, 0.3) is 5.56 Å². The molecule has 0 fully saturated rings. The average molecular weight is 418 g/mol. The van der Waals surface area contributed by atoms with Crippen molar-refractivity contribution in [1.29, 1.82) is 0 Å². The van der Waals surface area contributed by atoms with Crippen molar-refractivity contribution in [2.24, 2.45) is 0 Å². The van der Waals surface area contributed by atoms with E-state index in [0.29, 0.717) is 35.8 Å². The number of aromatic nitrogens is 5. The van der Waals surface area contributed by atoms with Crippen LogP contribution in [0.4, 0.5) is 0 Å². The van der Waals surface area contributed by atoms with E-state index in [1.54, 1.807) is 0 Å². The van der Waals surface area contributed by atoms with Crippen molar-refractivity contribution in [2.75, 3.05) is 6.61 Å². The summed E-state index contributed by atoms with van der Waals surface area (Å²) in [5.74, 6) is 0.603. The smallest absolute Gasteiger partial charge is 0.349 e. The first-order valence-corrected chi connectivity index (χ1v) is 9.14. The number of aromatic hydroxyl groups is 1. The number of nitrogens with zero attached hydrogens (tertiary/aromatic N) is 4. The Morgan fingerprint density at radius 1 is 1.34 bits per heavy atom. The second-order valence-electron chi connectivity index (χ2n) is 6.64. The summed E-state index contributed by atoms with van der Waals surface area (Å²) in [6, 6.07) is 1.48. The number of halogens is 1. The van der Waals surface area contributed by atoms with Gasteiger partial charge in [-0.1, -0.05) is 25.4 Å². The van der Waals surface area contributed by atoms with E-state index in [9.17, 15) is 14.7 Å². The van der Waals surface area contributed by atoms with E-state index >= 15 is 0 Å². The van der Waals surface area contributed by atoms with Crippen molar-refractivity contribution in [1.82, 2.24) is 24.7 Å². The van der Waals surface area contributed by atoms with Crippen LogP contribution >= 0.6 is 11.6 Å². The van der Waals surface area contributed by atoms with Gasteiger partial charge in [-0.2, -0.15) is 19.7 Å². The number of ether oxygens (including phenoxy) is 2. The van der Waals surface area contributed by atoms with Gasteiger partial charge >= 0.3 is 11.7 Å². The summed E-state index contributed by atoms with van der Waals surface area (Å²) in [6.45, 7) is 4.12. The Balaban J connectivity index is 1.81. The van der Waals surface area contributed by atoms with E-state index in [2.05, 4.69) is 20.1 Å². The molecule has 150 valence electrons. The molecule has 29 heavy (non-hydrogen) atoms. The zero-order valence-corrected chi connectivity index (χ0v) is 16.2. The van der Waals surface area contributed by atoms with Crippen LogP contribution in [0.15, 0.2) is 28.0 Å². The highest BCUT2D eigenvalue weighted by atomic mass is 35.5. The number of benzene rings is 1. The summed E-state index contributed by atoms with van der Waals surface area (Å²) in [6.07, 6.45) is 2.73. The summed E-state index contributed by atoms with van der Waals surface area (Å²) in [4.78, 5) is 33.8. The van der Waals surface area contributed by atoms with Crippen molar-refractivity contribution < 1.29 is 14.6 Å². The number of H-pyrrole nitrogens is 1. The number of fused-ring (bicyclic) bond motifs is 1. The van der Waals surface area contributed by atoms with Gasteiger partial charge in [0.15, 0.2) is 17.2 Å². The van der Waals surface area contributed by atoms with Gasteiger partial charge in [0.05, 0.1) is 23.5 Å². The van der Waals surface area contributed by atoms with Crippen LogP contribution in [0.2, 0.25) is 5.02 Å². The quantitative estimate of drug-likeness (QED) is 0.657. The largest absolute Gasteiger partial charge is 0.504 e. The first-order valence-electron chi connectivity index (χ1n) is 8.76. The minimum Gasteiger partial charge on any atom is -0.504 e. The van der Waals surface area contributed by atoms with Crippen molar-refractivity contribution in [3.05, 3.63) is 55.6 Å². The van der Waals surface area contributed by atoms with E-state index in [1.807, 2.05) is 13.8 Å². The maximum Gasteiger partial charge on any atom is 0.349 e. The predicted octanol–water partition coefficient (Wildman–Crippen LogP) is 1.92. The Hall–Kier alpha value is -3.40. The highest BCUT2D eigenvalue weighted by Crippen LogP contribution is 2.44. The second-order valence-corrected chi connectivity index (χ2v) is 7.05. The second kappa shape index (κ2) is 7.21. The van der Waals surface area contributed by atoms with Gasteiger partial charge in [-0.3, -0.25) is 9.78 Å². The zero-order chi connectivity index (χ0) is 20.7. The van der Waals surface area contributed by atoms with Crippen LogP contribution in [0, 0.1) is 0 Å². The normalized spacial score (nSPS) is 12.7. The van der Waals surface area contributed by atoms with Crippen LogP contribution in [-0.4, -0.2) is 36.4 Å². The molecule has 0 unspecified atom stereocenters. The molecule has 1 aromatic carbocycles. The third-order valence-corrected chi connectivity index (χ3v) is 4.60. The average Bonchev–Trinajstić information content (AvgIpc) is 3.15. The molecule has 3 aromatic rings. The van der Waals surface area contributed by atoms with Crippen molar-refractivity contribution in [2.45, 2.75) is 26.2 Å². The van der Waals surface area contributed by atoms with E-state index in [1.165, 1.54) is 12.3 Å². The SMILES string of the molecule is CC(C)c1nc(Oc2c(Cl)cc(-n3ncc(=O)[nH]c3=O)c3c2CCO3)ncc1O. The molecule has 4 rings (SSSR count). The molecule has 1 aliphatic rings. The number of rotatable bonds is 4. The van der Waals surface area contributed by atoms with Crippen molar-refractivity contribution in [3.63, 3.8) is 0 Å². The molecular formula is C18H16ClN5O5. The highest BCUT2D eigenvalue weighted by Gasteiger charge is 2.27. The first-order chi connectivity index (χ1) is 13.8. The number of nitrogens with one attached hydrogen (secondary N) is 1. The van der Waals surface area contributed by atoms with Crippen LogP contribution in [-0.2, 0) is 6.42 Å². The minimum absolute atomic E-state index is 0.0223. The van der Waals surface area contributed by atoms with Gasteiger partial charge in [-0.25, -0.2) is 4.79 Å². The highest BCUT2D eigenvalue weighted by molar-refractivity contribution is 6.32. The van der Waals surface area contributed by atoms with Gasteiger partial charge < -0.3 is 14.6 Å². The molecule has 2 N–H and O–H groups in total. The number of hydrogen-bond donors (Lipinski definition) is 2. The fourth-order valence-electron chi connectivity index (χ4n) is 3.03. The lowest BCUT2D eigenvalue weighted by atomic mass is 10.1. The molecule has 3 heterocycles. The Kier molecular flexibility index (Phi) is 4.71. The number of aromatic amines is 1. The molecule has 0 saturated carbocycles. The zero-order valence-electron chi connectivity index (χ0n) is 15.5. The summed E-state index contributed by atoms with van der Waals surface area (Å²) in [5.41, 5.74) is 0.0177. The molecule has 0 bridgehead atoms. The first kappa shape index (κ1) is 18.9. The minimum atomic E-state index is -0.719. The maximum absolute atomic E-state index is 12.1. The molecule has 2 aromatic heterocycles. The van der Waals surface area contributed by atoms with Gasteiger partial charge in [-0.05, 0) is 12.0 Å². The summed E-state index contributed by atoms with van der Waals surface area (Å²) in [5, 5.41) is 13.9. The molecule has 0 aliphatic carbocycles. The molecule has 0 amide bonds. The molecule has 0 saturated heterocycles. The monoisotopic (exact) mass is 417 g/mol. The third-order valence-electron chi connectivity index (χ3n) is 4.32. The molecule has 1 aliphatic heterocycles. The Morgan fingerprint density at radius 2 is 2.14 bits per heavy atom. The van der Waals surface area contributed by atoms with Crippen molar-refractivity contribution in [3.8, 4) is 28.9 Å². The topological polar surface area (TPSA) is 132 Å². The van der Waals surface area contributed by atoms with E-state index < -0.39 is 11.2 Å². The molecule has 10 nitrogen and oxygen atoms in total. The summed E-state index contributed by atoms with van der Waals surface area (Å²) in [7, 11) is 0. The van der Waals surface area contributed by atoms with Gasteiger partial charge in [-0.15, -0.1) is 0 Å². The van der Waals surface area contributed by atoms with Gasteiger partial charge in [0, 0.05) is 12.0 Å². The predicted molar refractivity (Wildman–Crippen MR) is 103 cm³/mol. The van der Waals surface area contributed by atoms with Crippen LogP contribution in [0.1, 0.15) is 31.0 Å². The van der Waals surface area contributed by atoms with E-state index in [4.69, 9.17) is 21.1 Å². The fraction of sp³-hybridized carbons (Fsp3) is 0.278. The molecular weight excluding hydrogens is 402 g/mol. The standard InChI is InChI=1S/C18H16ClN5O5/c1-8(2)14-12(25)6-20-17(23-14)29-15-9-3-4-28-16(9)11(5-10(15)19)24-18(27)22-13(26)7-21-24/h5-8,25H,3-4H2,1-2H3,(H,22,26,27). The van der Waals surface area contributed by atoms with Crippen molar-refractivity contribution >= 4 is 11.6 Å². The summed E-state index contributed by atoms with van der Waals surface area (Å²) >= 11 is 6.43. The van der Waals surface area contributed by atoms with Gasteiger partial charge in [0.1, 0.15) is 11.9 Å². The third kappa shape index (κ3) is 3.42. The van der Waals surface area contributed by atoms with Gasteiger partial charge in [0.2, 0.25) is 0 Å². The maximum atomic E-state index is 12.1. The molecule has 0 radical (unpaired) electrons. The summed E-state index contributed by atoms with van der Waals surface area (Å²) < 4.78 is 12.5. The van der Waals surface area contributed by atoms with Crippen LogP contribution in [0.25, 0.3) is 5.69 Å². The fourth-order valence-corrected chi connectivity index (χ4v) is 3.28. The van der Waals surface area contributed by atoms with Crippen LogP contribution in [0.3, 0.4) is 0 Å². The lowest BCUT2D eigenvalue weighted by Crippen LogP contribution is -2.30. The van der Waals surface area contributed by atoms with E-state index in [-0.39, 0.29) is 28.4 Å². The Labute approximate surface area is 168 Å². The Bertz CT molecular complexity index is 1220. The lowest BCUT2D eigenvalue weighted by Gasteiger charge is -2.15. The van der Waals surface area contributed by atoms with E-state index in [0.717, 1.165) is 10.9 Å². The van der Waals surface area contributed by atoms with Crippen LogP contribution in [0.5, 0.6) is 23.3 Å². The van der Waals surface area contributed by atoms with Crippen LogP contribution < -0.4 is 20.7 Å². The molecule has 0 atom stereocenters. The number of hydrogen-bond acceptors (Lipinski definition) is 8. The molecule has 0 spiro atoms. The lowest BCUT2D eigenvalue weighted by molar-refractivity contribution is 0.354. The Morgan fingerprint density at radius 3 is 2.86 bits per heavy atom.